The first-order chi connectivity index (χ1) is 9.43. The van der Waals surface area contributed by atoms with Gasteiger partial charge in [-0.2, -0.15) is 0 Å². The van der Waals surface area contributed by atoms with Crippen LogP contribution in [0.2, 0.25) is 0 Å². The molecule has 0 bridgehead atoms. The van der Waals surface area contributed by atoms with Crippen molar-refractivity contribution < 1.29 is 4.74 Å². The fourth-order valence-corrected chi connectivity index (χ4v) is 3.60. The van der Waals surface area contributed by atoms with Crippen LogP contribution >= 0.6 is 31.9 Å². The topological polar surface area (TPSA) is 9.23 Å². The largest absolute Gasteiger partial charge is 0.496 e. The number of benzene rings is 2. The average Bonchev–Trinajstić information content (AvgIpc) is 2.42. The summed E-state index contributed by atoms with van der Waals surface area (Å²) in [5.74, 6) is 0.914. The Labute approximate surface area is 137 Å². The Morgan fingerprint density at radius 1 is 0.950 bits per heavy atom. The van der Waals surface area contributed by atoms with Gasteiger partial charge in [0.05, 0.1) is 11.9 Å². The standard InChI is InChI=1S/C17H18Br2O/c1-10-5-6-16(20-4)14(7-10)17(19)13-8-12(3)15(18)9-11(13)2/h5-9,17H,1-4H3. The molecule has 0 radical (unpaired) electrons. The molecule has 2 aromatic rings. The van der Waals surface area contributed by atoms with E-state index in [0.29, 0.717) is 0 Å². The number of hydrogen-bond donors (Lipinski definition) is 0. The van der Waals surface area contributed by atoms with Crippen molar-refractivity contribution in [2.75, 3.05) is 7.11 Å². The highest BCUT2D eigenvalue weighted by Gasteiger charge is 2.18. The SMILES string of the molecule is COc1ccc(C)cc1C(Br)c1cc(C)c(Br)cc1C. The van der Waals surface area contributed by atoms with Crippen molar-refractivity contribution in [2.24, 2.45) is 0 Å². The zero-order valence-electron chi connectivity index (χ0n) is 12.1. The number of hydrogen-bond acceptors (Lipinski definition) is 1. The van der Waals surface area contributed by atoms with Crippen molar-refractivity contribution in [1.82, 2.24) is 0 Å². The van der Waals surface area contributed by atoms with E-state index in [4.69, 9.17) is 4.74 Å². The molecule has 2 rings (SSSR count). The van der Waals surface area contributed by atoms with Crippen LogP contribution < -0.4 is 4.74 Å². The lowest BCUT2D eigenvalue weighted by Crippen LogP contribution is -2.00. The van der Waals surface area contributed by atoms with Gasteiger partial charge in [0.1, 0.15) is 5.75 Å². The molecule has 0 aliphatic carbocycles. The van der Waals surface area contributed by atoms with Crippen molar-refractivity contribution >= 4 is 31.9 Å². The summed E-state index contributed by atoms with van der Waals surface area (Å²) in [6.45, 7) is 6.35. The molecular formula is C17H18Br2O. The van der Waals surface area contributed by atoms with Gasteiger partial charge < -0.3 is 4.74 Å². The summed E-state index contributed by atoms with van der Waals surface area (Å²) in [6, 6.07) is 10.7. The van der Waals surface area contributed by atoms with Crippen LogP contribution in [0, 0.1) is 20.8 Å². The van der Waals surface area contributed by atoms with E-state index >= 15 is 0 Å². The molecule has 0 amide bonds. The summed E-state index contributed by atoms with van der Waals surface area (Å²) in [5, 5.41) is 0. The summed E-state index contributed by atoms with van der Waals surface area (Å²) >= 11 is 7.42. The minimum atomic E-state index is 0.129. The molecule has 0 aliphatic heterocycles. The van der Waals surface area contributed by atoms with E-state index in [0.717, 1.165) is 15.8 Å². The molecule has 1 nitrogen and oxygen atoms in total. The number of aryl methyl sites for hydroxylation is 3. The minimum absolute atomic E-state index is 0.129. The van der Waals surface area contributed by atoms with Gasteiger partial charge in [-0.05, 0) is 49.6 Å². The Balaban J connectivity index is 2.54. The van der Waals surface area contributed by atoms with Crippen molar-refractivity contribution in [2.45, 2.75) is 25.6 Å². The van der Waals surface area contributed by atoms with Gasteiger partial charge in [-0.3, -0.25) is 0 Å². The summed E-state index contributed by atoms with van der Waals surface area (Å²) in [7, 11) is 1.72. The van der Waals surface area contributed by atoms with Crippen molar-refractivity contribution in [3.05, 3.63) is 62.6 Å². The normalized spacial score (nSPS) is 12.3. The van der Waals surface area contributed by atoms with Crippen molar-refractivity contribution in [1.29, 1.82) is 0 Å². The van der Waals surface area contributed by atoms with E-state index in [9.17, 15) is 0 Å². The maximum atomic E-state index is 5.50. The lowest BCUT2D eigenvalue weighted by atomic mass is 9.97. The minimum Gasteiger partial charge on any atom is -0.496 e. The molecule has 0 spiro atoms. The van der Waals surface area contributed by atoms with E-state index < -0.39 is 0 Å². The molecule has 3 heteroatoms. The Hall–Kier alpha value is -0.800. The maximum absolute atomic E-state index is 5.50. The molecule has 106 valence electrons. The van der Waals surface area contributed by atoms with Gasteiger partial charge in [-0.15, -0.1) is 0 Å². The Morgan fingerprint density at radius 3 is 2.30 bits per heavy atom. The fraction of sp³-hybridized carbons (Fsp3) is 0.294. The van der Waals surface area contributed by atoms with Crippen LogP contribution in [-0.2, 0) is 0 Å². The second kappa shape index (κ2) is 6.31. The maximum Gasteiger partial charge on any atom is 0.123 e. The molecule has 20 heavy (non-hydrogen) atoms. The van der Waals surface area contributed by atoms with Gasteiger partial charge >= 0.3 is 0 Å². The molecular weight excluding hydrogens is 380 g/mol. The third-order valence-electron chi connectivity index (χ3n) is 3.48. The second-order valence-electron chi connectivity index (χ2n) is 5.07. The summed E-state index contributed by atoms with van der Waals surface area (Å²) in [5.41, 5.74) is 6.17. The van der Waals surface area contributed by atoms with E-state index in [1.807, 2.05) is 6.07 Å². The number of methoxy groups -OCH3 is 1. The molecule has 1 unspecified atom stereocenters. The lowest BCUT2D eigenvalue weighted by molar-refractivity contribution is 0.410. The zero-order chi connectivity index (χ0) is 14.9. The van der Waals surface area contributed by atoms with Gasteiger partial charge in [0.15, 0.2) is 0 Å². The van der Waals surface area contributed by atoms with Crippen LogP contribution in [0.3, 0.4) is 0 Å². The molecule has 0 N–H and O–H groups in total. The van der Waals surface area contributed by atoms with Crippen molar-refractivity contribution in [3.8, 4) is 5.75 Å². The first kappa shape index (κ1) is 15.6. The third-order valence-corrected chi connectivity index (χ3v) is 5.32. The first-order valence-corrected chi connectivity index (χ1v) is 8.20. The van der Waals surface area contributed by atoms with Crippen LogP contribution in [0.4, 0.5) is 0 Å². The predicted octanol–water partition coefficient (Wildman–Crippen LogP) is 5.87. The highest BCUT2D eigenvalue weighted by molar-refractivity contribution is 9.10. The summed E-state index contributed by atoms with van der Waals surface area (Å²) in [6.07, 6.45) is 0. The van der Waals surface area contributed by atoms with Gasteiger partial charge in [0.25, 0.3) is 0 Å². The molecule has 0 fully saturated rings. The molecule has 2 aromatic carbocycles. The first-order valence-electron chi connectivity index (χ1n) is 6.49. The second-order valence-corrected chi connectivity index (χ2v) is 6.84. The number of ether oxygens (including phenoxy) is 1. The molecule has 1 atom stereocenters. The smallest absolute Gasteiger partial charge is 0.123 e. The van der Waals surface area contributed by atoms with Crippen LogP contribution in [-0.4, -0.2) is 7.11 Å². The molecule has 0 heterocycles. The molecule has 0 aromatic heterocycles. The van der Waals surface area contributed by atoms with E-state index in [1.165, 1.54) is 22.3 Å². The van der Waals surface area contributed by atoms with Crippen molar-refractivity contribution in [3.63, 3.8) is 0 Å². The highest BCUT2D eigenvalue weighted by Crippen LogP contribution is 2.39. The van der Waals surface area contributed by atoms with Crippen LogP contribution in [0.1, 0.15) is 32.6 Å². The number of rotatable bonds is 3. The van der Waals surface area contributed by atoms with Gasteiger partial charge in [-0.1, -0.05) is 55.6 Å². The summed E-state index contributed by atoms with van der Waals surface area (Å²) < 4.78 is 6.65. The number of halogens is 2. The summed E-state index contributed by atoms with van der Waals surface area (Å²) in [4.78, 5) is 0.129. The molecule has 0 saturated carbocycles. The van der Waals surface area contributed by atoms with Gasteiger partial charge in [0, 0.05) is 10.0 Å². The van der Waals surface area contributed by atoms with Gasteiger partial charge in [-0.25, -0.2) is 0 Å². The average molecular weight is 398 g/mol. The highest BCUT2D eigenvalue weighted by atomic mass is 79.9. The monoisotopic (exact) mass is 396 g/mol. The Morgan fingerprint density at radius 2 is 1.65 bits per heavy atom. The number of alkyl halides is 1. The van der Waals surface area contributed by atoms with Crippen LogP contribution in [0.5, 0.6) is 5.75 Å². The Kier molecular flexibility index (Phi) is 4.92. The molecule has 0 saturated heterocycles. The zero-order valence-corrected chi connectivity index (χ0v) is 15.3. The third kappa shape index (κ3) is 3.09. The van der Waals surface area contributed by atoms with Gasteiger partial charge in [0.2, 0.25) is 0 Å². The molecule has 0 aliphatic rings. The van der Waals surface area contributed by atoms with E-state index in [-0.39, 0.29) is 4.83 Å². The van der Waals surface area contributed by atoms with E-state index in [2.05, 4.69) is 76.9 Å². The van der Waals surface area contributed by atoms with E-state index in [1.54, 1.807) is 7.11 Å². The quantitative estimate of drug-likeness (QED) is 0.588. The fourth-order valence-electron chi connectivity index (χ4n) is 2.30. The van der Waals surface area contributed by atoms with Crippen LogP contribution in [0.15, 0.2) is 34.8 Å². The van der Waals surface area contributed by atoms with Crippen LogP contribution in [0.25, 0.3) is 0 Å². The lowest BCUT2D eigenvalue weighted by Gasteiger charge is -2.18. The Bertz CT molecular complexity index is 635. The predicted molar refractivity (Wildman–Crippen MR) is 92.1 cm³/mol.